The topological polar surface area (TPSA) is 9.23 Å². The number of ether oxygens (including phenoxy) is 1. The van der Waals surface area contributed by atoms with E-state index in [0.717, 1.165) is 11.7 Å². The summed E-state index contributed by atoms with van der Waals surface area (Å²) in [6.07, 6.45) is 6.64. The van der Waals surface area contributed by atoms with Crippen LogP contribution in [-0.4, -0.2) is 5.94 Å². The Morgan fingerprint density at radius 2 is 2.33 bits per heavy atom. The van der Waals surface area contributed by atoms with Crippen molar-refractivity contribution in [3.8, 4) is 0 Å². The Kier molecular flexibility index (Phi) is 2.01. The van der Waals surface area contributed by atoms with Gasteiger partial charge in [0.1, 0.15) is 11.7 Å². The first-order chi connectivity index (χ1) is 5.75. The molecule has 1 fully saturated rings. The number of fused-ring (bicyclic) bond motifs is 1. The maximum atomic E-state index is 5.48. The first kappa shape index (κ1) is 7.99. The molecule has 0 radical (unpaired) electrons. The molecule has 0 aromatic heterocycles. The molecule has 64 valence electrons. The highest BCUT2D eigenvalue weighted by Crippen LogP contribution is 2.36. The van der Waals surface area contributed by atoms with Crippen molar-refractivity contribution < 1.29 is 4.74 Å². The fraction of sp³-hybridized carbons (Fsp3) is 0.400. The minimum atomic E-state index is 0.493. The Hall–Kier alpha value is -0.630. The number of hydrogen-bond donors (Lipinski definition) is 0. The van der Waals surface area contributed by atoms with E-state index in [1.165, 1.54) is 10.5 Å². The Labute approximate surface area is 77.2 Å². The molecule has 0 amide bonds. The Balaban J connectivity index is 2.39. The molecule has 0 saturated carbocycles. The molecule has 1 saturated heterocycles. The summed E-state index contributed by atoms with van der Waals surface area (Å²) in [4.78, 5) is 1.29. The molecule has 1 atom stereocenters. The van der Waals surface area contributed by atoms with Gasteiger partial charge in [0.25, 0.3) is 0 Å². The molecule has 0 N–H and O–H groups in total. The van der Waals surface area contributed by atoms with Crippen molar-refractivity contribution in [2.24, 2.45) is 5.92 Å². The van der Waals surface area contributed by atoms with Crippen LogP contribution in [0.5, 0.6) is 0 Å². The highest BCUT2D eigenvalue weighted by atomic mass is 32.2. The SMILES string of the molecule is CC1=CC(C)C=C2OCSC2=C1. The molecule has 0 aromatic rings. The predicted octanol–water partition coefficient (Wildman–Crippen LogP) is 3.07. The van der Waals surface area contributed by atoms with Crippen molar-refractivity contribution in [1.82, 2.24) is 0 Å². The standard InChI is InChI=1S/C10H12OS/c1-7-3-8(2)5-10-9(4-7)11-6-12-10/h3-5,7H,6H2,1-2H3. The second kappa shape index (κ2) is 3.02. The Morgan fingerprint density at radius 1 is 1.50 bits per heavy atom. The molecule has 0 aromatic carbocycles. The van der Waals surface area contributed by atoms with Gasteiger partial charge in [-0.15, -0.1) is 0 Å². The smallest absolute Gasteiger partial charge is 0.138 e. The Bertz CT molecular complexity index is 286. The van der Waals surface area contributed by atoms with Crippen LogP contribution in [0.2, 0.25) is 0 Å². The van der Waals surface area contributed by atoms with Crippen LogP contribution in [0, 0.1) is 5.92 Å². The lowest BCUT2D eigenvalue weighted by Crippen LogP contribution is -1.86. The third-order valence-corrected chi connectivity index (χ3v) is 2.84. The molecule has 2 aliphatic rings. The van der Waals surface area contributed by atoms with Crippen LogP contribution in [0.15, 0.2) is 34.5 Å². The molecule has 1 aliphatic carbocycles. The zero-order chi connectivity index (χ0) is 8.55. The first-order valence-corrected chi connectivity index (χ1v) is 5.12. The lowest BCUT2D eigenvalue weighted by Gasteiger charge is -1.99. The van der Waals surface area contributed by atoms with Crippen molar-refractivity contribution >= 4 is 11.8 Å². The zero-order valence-electron chi connectivity index (χ0n) is 7.33. The van der Waals surface area contributed by atoms with Gasteiger partial charge in [0.15, 0.2) is 0 Å². The summed E-state index contributed by atoms with van der Waals surface area (Å²) >= 11 is 1.78. The van der Waals surface area contributed by atoms with E-state index in [1.54, 1.807) is 11.8 Å². The third kappa shape index (κ3) is 1.44. The van der Waals surface area contributed by atoms with Gasteiger partial charge < -0.3 is 4.74 Å². The molecule has 1 unspecified atom stereocenters. The number of rotatable bonds is 0. The monoisotopic (exact) mass is 180 g/mol. The number of allylic oxidation sites excluding steroid dienone is 4. The fourth-order valence-corrected chi connectivity index (χ4v) is 2.35. The molecule has 12 heavy (non-hydrogen) atoms. The van der Waals surface area contributed by atoms with Gasteiger partial charge in [0, 0.05) is 0 Å². The van der Waals surface area contributed by atoms with Gasteiger partial charge in [0.05, 0.1) is 4.91 Å². The summed E-state index contributed by atoms with van der Waals surface area (Å²) in [6, 6.07) is 0. The minimum Gasteiger partial charge on any atom is -0.482 e. The second-order valence-electron chi connectivity index (χ2n) is 3.22. The largest absolute Gasteiger partial charge is 0.482 e. The van der Waals surface area contributed by atoms with Crippen LogP contribution in [0.3, 0.4) is 0 Å². The van der Waals surface area contributed by atoms with Gasteiger partial charge in [-0.2, -0.15) is 0 Å². The van der Waals surface area contributed by atoms with E-state index in [9.17, 15) is 0 Å². The summed E-state index contributed by atoms with van der Waals surface area (Å²) in [5.41, 5.74) is 1.33. The summed E-state index contributed by atoms with van der Waals surface area (Å²) in [5, 5.41) is 0. The number of hydrogen-bond acceptors (Lipinski definition) is 2. The van der Waals surface area contributed by atoms with Crippen LogP contribution in [0.1, 0.15) is 13.8 Å². The lowest BCUT2D eigenvalue weighted by molar-refractivity contribution is 0.295. The van der Waals surface area contributed by atoms with Crippen molar-refractivity contribution in [2.45, 2.75) is 13.8 Å². The molecule has 0 bridgehead atoms. The molecule has 0 spiro atoms. The van der Waals surface area contributed by atoms with Crippen LogP contribution in [0.25, 0.3) is 0 Å². The highest BCUT2D eigenvalue weighted by molar-refractivity contribution is 8.03. The van der Waals surface area contributed by atoms with Gasteiger partial charge >= 0.3 is 0 Å². The molecule has 1 aliphatic heterocycles. The van der Waals surface area contributed by atoms with E-state index in [1.807, 2.05) is 0 Å². The normalized spacial score (nSPS) is 27.8. The maximum absolute atomic E-state index is 5.48. The molecule has 2 heteroatoms. The average molecular weight is 180 g/mol. The predicted molar refractivity (Wildman–Crippen MR) is 52.6 cm³/mol. The van der Waals surface area contributed by atoms with Crippen LogP contribution in [-0.2, 0) is 4.74 Å². The van der Waals surface area contributed by atoms with Crippen molar-refractivity contribution in [3.63, 3.8) is 0 Å². The summed E-state index contributed by atoms with van der Waals surface area (Å²) < 4.78 is 5.48. The third-order valence-electron chi connectivity index (χ3n) is 1.97. The van der Waals surface area contributed by atoms with Crippen molar-refractivity contribution in [1.29, 1.82) is 0 Å². The van der Waals surface area contributed by atoms with Crippen molar-refractivity contribution in [2.75, 3.05) is 5.94 Å². The van der Waals surface area contributed by atoms with Crippen LogP contribution >= 0.6 is 11.8 Å². The van der Waals surface area contributed by atoms with Crippen LogP contribution in [0.4, 0.5) is 0 Å². The lowest BCUT2D eigenvalue weighted by atomic mass is 10.1. The molecular weight excluding hydrogens is 168 g/mol. The molecule has 2 rings (SSSR count). The highest BCUT2D eigenvalue weighted by Gasteiger charge is 2.18. The van der Waals surface area contributed by atoms with Gasteiger partial charge in [-0.3, -0.25) is 0 Å². The van der Waals surface area contributed by atoms with Crippen molar-refractivity contribution in [3.05, 3.63) is 34.5 Å². The van der Waals surface area contributed by atoms with Gasteiger partial charge in [0.2, 0.25) is 0 Å². The molecule has 1 nitrogen and oxygen atoms in total. The average Bonchev–Trinajstić information content (AvgIpc) is 2.31. The quantitative estimate of drug-likeness (QED) is 0.566. The fourth-order valence-electron chi connectivity index (χ4n) is 1.50. The summed E-state index contributed by atoms with van der Waals surface area (Å²) in [7, 11) is 0. The van der Waals surface area contributed by atoms with Gasteiger partial charge in [-0.05, 0) is 25.0 Å². The van der Waals surface area contributed by atoms with E-state index in [4.69, 9.17) is 4.74 Å². The summed E-state index contributed by atoms with van der Waals surface area (Å²) in [5.74, 6) is 2.34. The van der Waals surface area contributed by atoms with E-state index >= 15 is 0 Å². The van der Waals surface area contributed by atoms with E-state index in [-0.39, 0.29) is 0 Å². The summed E-state index contributed by atoms with van der Waals surface area (Å²) in [6.45, 7) is 4.32. The van der Waals surface area contributed by atoms with Crippen LogP contribution < -0.4 is 0 Å². The molecule has 1 heterocycles. The van der Waals surface area contributed by atoms with Gasteiger partial charge in [-0.25, -0.2) is 0 Å². The van der Waals surface area contributed by atoms with E-state index in [2.05, 4.69) is 32.1 Å². The van der Waals surface area contributed by atoms with E-state index < -0.39 is 0 Å². The second-order valence-corrected chi connectivity index (χ2v) is 4.18. The first-order valence-electron chi connectivity index (χ1n) is 4.13. The minimum absolute atomic E-state index is 0.493. The maximum Gasteiger partial charge on any atom is 0.138 e. The zero-order valence-corrected chi connectivity index (χ0v) is 8.15. The number of thioether (sulfide) groups is 1. The Morgan fingerprint density at radius 3 is 3.17 bits per heavy atom. The molecular formula is C10H12OS. The van der Waals surface area contributed by atoms with Gasteiger partial charge in [-0.1, -0.05) is 30.3 Å². The van der Waals surface area contributed by atoms with E-state index in [0.29, 0.717) is 5.92 Å².